The van der Waals surface area contributed by atoms with Crippen LogP contribution in [0.25, 0.3) is 11.4 Å². The third-order valence-electron chi connectivity index (χ3n) is 3.39. The minimum atomic E-state index is 0.485. The maximum absolute atomic E-state index is 10.1. The van der Waals surface area contributed by atoms with E-state index in [-0.39, 0.29) is 0 Å². The monoisotopic (exact) mass is 274 g/mol. The van der Waals surface area contributed by atoms with Gasteiger partial charge in [0.15, 0.2) is 0 Å². The van der Waals surface area contributed by atoms with Crippen molar-refractivity contribution < 1.29 is 10.4 Å². The van der Waals surface area contributed by atoms with Crippen molar-refractivity contribution in [1.82, 2.24) is 9.46 Å². The van der Waals surface area contributed by atoms with Gasteiger partial charge < -0.3 is 10.4 Å². The predicted octanol–water partition coefficient (Wildman–Crippen LogP) is 1.11. The summed E-state index contributed by atoms with van der Waals surface area (Å²) in [5, 5.41) is 21.7. The number of aromatic nitrogens is 2. The van der Waals surface area contributed by atoms with Crippen LogP contribution in [0, 0.1) is 13.8 Å². The van der Waals surface area contributed by atoms with E-state index in [0.717, 1.165) is 31.3 Å². The normalized spacial score (nSPS) is 13.0. The molecule has 0 fully saturated rings. The molecule has 0 unspecified atom stereocenters. The Balaban J connectivity index is 2.96. The molecule has 20 heavy (non-hydrogen) atoms. The standard InChI is InChI=1S/C14H18N4O2/c1-9-11(15-3)5-7-17(19)13(9)14-10(2)12(16-4)6-8-18(14)20/h5-8,19-20H,1-4H3. The minimum Gasteiger partial charge on any atom is -0.428 e. The third-order valence-corrected chi connectivity index (χ3v) is 3.39. The zero-order valence-electron chi connectivity index (χ0n) is 12.0. The van der Waals surface area contributed by atoms with Crippen LogP contribution in [0.3, 0.4) is 0 Å². The molecule has 0 radical (unpaired) electrons. The highest BCUT2D eigenvalue weighted by Gasteiger charge is 2.15. The van der Waals surface area contributed by atoms with Crippen LogP contribution in [0.15, 0.2) is 34.5 Å². The van der Waals surface area contributed by atoms with Gasteiger partial charge in [-0.25, -0.2) is 0 Å². The van der Waals surface area contributed by atoms with Crippen molar-refractivity contribution in [2.75, 3.05) is 14.1 Å². The third kappa shape index (κ3) is 2.09. The molecule has 2 heterocycles. The summed E-state index contributed by atoms with van der Waals surface area (Å²) < 4.78 is 1.97. The Labute approximate surface area is 116 Å². The summed E-state index contributed by atoms with van der Waals surface area (Å²) in [5.41, 5.74) is 2.52. The first-order valence-corrected chi connectivity index (χ1v) is 6.20. The summed E-state index contributed by atoms with van der Waals surface area (Å²) in [6.45, 7) is 3.69. The molecule has 6 heteroatoms. The van der Waals surface area contributed by atoms with Gasteiger partial charge in [0, 0.05) is 37.6 Å². The molecule has 0 saturated heterocycles. The number of pyridine rings is 2. The SMILES string of the molecule is CN=c1ccn(O)c(-c2c(C)c(=NC)ccn2O)c1C. The molecular formula is C14H18N4O2. The first-order chi connectivity index (χ1) is 9.51. The van der Waals surface area contributed by atoms with E-state index >= 15 is 0 Å². The van der Waals surface area contributed by atoms with Crippen LogP contribution >= 0.6 is 0 Å². The van der Waals surface area contributed by atoms with E-state index < -0.39 is 0 Å². The lowest BCUT2D eigenvalue weighted by Crippen LogP contribution is -2.19. The van der Waals surface area contributed by atoms with Gasteiger partial charge in [-0.3, -0.25) is 9.98 Å². The Hall–Kier alpha value is -2.50. The van der Waals surface area contributed by atoms with Crippen LogP contribution in [0.2, 0.25) is 0 Å². The molecule has 0 saturated carbocycles. The fourth-order valence-electron chi connectivity index (χ4n) is 2.32. The quantitative estimate of drug-likeness (QED) is 0.764. The second-order valence-corrected chi connectivity index (χ2v) is 4.49. The molecule has 0 aliphatic carbocycles. The van der Waals surface area contributed by atoms with Gasteiger partial charge in [0.25, 0.3) is 0 Å². The van der Waals surface area contributed by atoms with Gasteiger partial charge in [-0.2, -0.15) is 9.46 Å². The maximum atomic E-state index is 10.1. The number of nitrogens with zero attached hydrogens (tertiary/aromatic N) is 4. The Bertz CT molecular complexity index is 717. The summed E-state index contributed by atoms with van der Waals surface area (Å²) >= 11 is 0. The minimum absolute atomic E-state index is 0.485. The van der Waals surface area contributed by atoms with Crippen LogP contribution in [0.1, 0.15) is 11.1 Å². The van der Waals surface area contributed by atoms with Crippen LogP contribution in [0.4, 0.5) is 0 Å². The highest BCUT2D eigenvalue weighted by Crippen LogP contribution is 2.21. The fourth-order valence-corrected chi connectivity index (χ4v) is 2.32. The summed E-state index contributed by atoms with van der Waals surface area (Å²) in [6, 6.07) is 3.42. The first kappa shape index (κ1) is 13.9. The first-order valence-electron chi connectivity index (χ1n) is 6.20. The Morgan fingerprint density at radius 1 is 0.800 bits per heavy atom. The molecule has 0 spiro atoms. The lowest BCUT2D eigenvalue weighted by Gasteiger charge is -2.16. The van der Waals surface area contributed by atoms with Crippen molar-refractivity contribution in [3.8, 4) is 11.4 Å². The van der Waals surface area contributed by atoms with E-state index in [2.05, 4.69) is 9.98 Å². The average molecular weight is 274 g/mol. The van der Waals surface area contributed by atoms with Gasteiger partial charge in [0.2, 0.25) is 0 Å². The van der Waals surface area contributed by atoms with Crippen molar-refractivity contribution in [3.63, 3.8) is 0 Å². The maximum Gasteiger partial charge on any atom is 0.112 e. The zero-order valence-corrected chi connectivity index (χ0v) is 12.0. The molecule has 0 aliphatic heterocycles. The molecule has 0 atom stereocenters. The Morgan fingerprint density at radius 3 is 1.45 bits per heavy atom. The Morgan fingerprint density at radius 2 is 1.15 bits per heavy atom. The smallest absolute Gasteiger partial charge is 0.112 e. The summed E-state index contributed by atoms with van der Waals surface area (Å²) in [6.07, 6.45) is 3.00. The van der Waals surface area contributed by atoms with Crippen LogP contribution in [-0.4, -0.2) is 34.0 Å². The van der Waals surface area contributed by atoms with Crippen molar-refractivity contribution >= 4 is 0 Å². The summed E-state index contributed by atoms with van der Waals surface area (Å²) in [4.78, 5) is 8.32. The van der Waals surface area contributed by atoms with E-state index in [1.807, 2.05) is 13.8 Å². The molecule has 2 aromatic rings. The molecule has 2 aromatic heterocycles. The van der Waals surface area contributed by atoms with Crippen molar-refractivity contribution in [3.05, 3.63) is 46.4 Å². The van der Waals surface area contributed by atoms with Gasteiger partial charge >= 0.3 is 0 Å². The van der Waals surface area contributed by atoms with Gasteiger partial charge in [-0.15, -0.1) is 0 Å². The van der Waals surface area contributed by atoms with Crippen molar-refractivity contribution in [2.24, 2.45) is 9.98 Å². The number of rotatable bonds is 1. The predicted molar refractivity (Wildman–Crippen MR) is 74.7 cm³/mol. The van der Waals surface area contributed by atoms with Gasteiger partial charge in [-0.1, -0.05) is 0 Å². The van der Waals surface area contributed by atoms with Gasteiger partial charge in [0.1, 0.15) is 11.4 Å². The molecule has 0 bridgehead atoms. The Kier molecular flexibility index (Phi) is 3.65. The molecule has 0 aromatic carbocycles. The van der Waals surface area contributed by atoms with E-state index in [1.165, 1.54) is 12.4 Å². The van der Waals surface area contributed by atoms with Gasteiger partial charge in [-0.05, 0) is 26.0 Å². The van der Waals surface area contributed by atoms with Crippen LogP contribution in [0.5, 0.6) is 0 Å². The average Bonchev–Trinajstić information content (AvgIpc) is 2.42. The molecule has 0 aliphatic rings. The molecule has 2 N–H and O–H groups in total. The topological polar surface area (TPSA) is 75.0 Å². The van der Waals surface area contributed by atoms with E-state index in [9.17, 15) is 10.4 Å². The van der Waals surface area contributed by atoms with Crippen molar-refractivity contribution in [2.45, 2.75) is 13.8 Å². The zero-order chi connectivity index (χ0) is 14.9. The number of hydrogen-bond donors (Lipinski definition) is 2. The second kappa shape index (κ2) is 5.24. The fraction of sp³-hybridized carbons (Fsp3) is 0.286. The van der Waals surface area contributed by atoms with Crippen LogP contribution in [-0.2, 0) is 0 Å². The summed E-state index contributed by atoms with van der Waals surface area (Å²) in [5.74, 6) is 0. The van der Waals surface area contributed by atoms with E-state index in [0.29, 0.717) is 11.4 Å². The lowest BCUT2D eigenvalue weighted by molar-refractivity contribution is 0.171. The molecule has 106 valence electrons. The van der Waals surface area contributed by atoms with E-state index in [4.69, 9.17) is 0 Å². The van der Waals surface area contributed by atoms with E-state index in [1.54, 1.807) is 26.2 Å². The molecule has 6 nitrogen and oxygen atoms in total. The number of hydrogen-bond acceptors (Lipinski definition) is 4. The second-order valence-electron chi connectivity index (χ2n) is 4.49. The van der Waals surface area contributed by atoms with Crippen LogP contribution < -0.4 is 10.7 Å². The van der Waals surface area contributed by atoms with Crippen molar-refractivity contribution in [1.29, 1.82) is 0 Å². The highest BCUT2D eigenvalue weighted by molar-refractivity contribution is 5.62. The lowest BCUT2D eigenvalue weighted by atomic mass is 10.1. The molecule has 0 amide bonds. The molecular weight excluding hydrogens is 256 g/mol. The highest BCUT2D eigenvalue weighted by atomic mass is 16.5. The summed E-state index contributed by atoms with van der Waals surface area (Å²) in [7, 11) is 3.37. The molecule has 2 rings (SSSR count). The van der Waals surface area contributed by atoms with Gasteiger partial charge in [0.05, 0.1) is 10.7 Å². The largest absolute Gasteiger partial charge is 0.428 e.